The minimum atomic E-state index is -0.503. The van der Waals surface area contributed by atoms with Crippen LogP contribution in [0.5, 0.6) is 0 Å². The van der Waals surface area contributed by atoms with Crippen LogP contribution in [-0.4, -0.2) is 64.7 Å². The predicted octanol–water partition coefficient (Wildman–Crippen LogP) is 1.57. The summed E-state index contributed by atoms with van der Waals surface area (Å²) in [7, 11) is 0. The maximum Gasteiger partial charge on any atom is 0.270 e. The lowest BCUT2D eigenvalue weighted by Gasteiger charge is -2.58. The Morgan fingerprint density at radius 2 is 1.66 bits per heavy atom. The minimum absolute atomic E-state index is 0.117. The molecule has 4 aliphatic carbocycles. The van der Waals surface area contributed by atoms with Crippen molar-refractivity contribution in [2.45, 2.75) is 43.7 Å². The smallest absolute Gasteiger partial charge is 0.270 e. The summed E-state index contributed by atoms with van der Waals surface area (Å²) in [5.74, 6) is 2.37. The summed E-state index contributed by atoms with van der Waals surface area (Å²) >= 11 is 0. The Morgan fingerprint density at radius 1 is 0.971 bits per heavy atom. The molecule has 4 bridgehead atoms. The normalized spacial score (nSPS) is 31.5. The lowest BCUT2D eigenvalue weighted by Crippen LogP contribution is -2.61. The number of carbonyl (C=O) groups excluding carboxylic acids is 2. The molecule has 2 aromatic rings. The highest BCUT2D eigenvalue weighted by atomic mass is 16.3. The first kappa shape index (κ1) is 22.3. The molecule has 3 heterocycles. The number of pyridine rings is 2. The van der Waals surface area contributed by atoms with Gasteiger partial charge in [0.25, 0.3) is 5.91 Å². The summed E-state index contributed by atoms with van der Waals surface area (Å²) in [6.07, 6.45) is 6.29. The van der Waals surface area contributed by atoms with E-state index in [0.717, 1.165) is 69.9 Å². The minimum Gasteiger partial charge on any atom is -0.390 e. The van der Waals surface area contributed by atoms with E-state index < -0.39 is 11.5 Å². The molecule has 184 valence electrons. The van der Waals surface area contributed by atoms with Gasteiger partial charge < -0.3 is 26.0 Å². The molecular weight excluding hydrogens is 444 g/mol. The number of rotatable bonds is 5. The lowest BCUT2D eigenvalue weighted by atomic mass is 9.52. The number of hydrogen-bond acceptors (Lipinski definition) is 7. The molecule has 2 aromatic heterocycles. The number of nitrogens with zero attached hydrogens (tertiary/aromatic N) is 4. The van der Waals surface area contributed by atoms with Gasteiger partial charge in [0.2, 0.25) is 5.91 Å². The van der Waals surface area contributed by atoms with E-state index >= 15 is 0 Å². The van der Waals surface area contributed by atoms with Gasteiger partial charge in [0.1, 0.15) is 17.3 Å². The fourth-order valence-corrected chi connectivity index (χ4v) is 7.05. The summed E-state index contributed by atoms with van der Waals surface area (Å²) in [6.45, 7) is 3.03. The third kappa shape index (κ3) is 4.22. The number of amides is 2. The number of piperazine rings is 1. The number of carbonyl (C=O) groups is 2. The highest BCUT2D eigenvalue weighted by Crippen LogP contribution is 2.55. The molecule has 2 atom stereocenters. The Morgan fingerprint density at radius 3 is 2.26 bits per heavy atom. The Kier molecular flexibility index (Phi) is 5.40. The maximum atomic E-state index is 13.2. The van der Waals surface area contributed by atoms with Gasteiger partial charge in [-0.3, -0.25) is 9.59 Å². The van der Waals surface area contributed by atoms with Crippen molar-refractivity contribution < 1.29 is 14.7 Å². The number of anilines is 2. The van der Waals surface area contributed by atoms with Crippen molar-refractivity contribution in [3.05, 3.63) is 47.8 Å². The molecule has 4 N–H and O–H groups in total. The largest absolute Gasteiger partial charge is 0.390 e. The first-order valence-corrected chi connectivity index (χ1v) is 12.6. The van der Waals surface area contributed by atoms with Gasteiger partial charge in [0, 0.05) is 38.4 Å². The Labute approximate surface area is 204 Å². The van der Waals surface area contributed by atoms with Gasteiger partial charge in [-0.1, -0.05) is 6.07 Å². The first-order chi connectivity index (χ1) is 16.9. The van der Waals surface area contributed by atoms with Gasteiger partial charge in [0.15, 0.2) is 0 Å². The molecule has 1 aliphatic heterocycles. The second-order valence-corrected chi connectivity index (χ2v) is 10.8. The number of aromatic nitrogens is 2. The predicted molar refractivity (Wildman–Crippen MR) is 131 cm³/mol. The molecule has 0 radical (unpaired) electrons. The average Bonchev–Trinajstić information content (AvgIpc) is 2.85. The van der Waals surface area contributed by atoms with E-state index in [2.05, 4.69) is 20.1 Å². The summed E-state index contributed by atoms with van der Waals surface area (Å²) in [5, 5.41) is 14.1. The third-order valence-corrected chi connectivity index (χ3v) is 8.47. The van der Waals surface area contributed by atoms with Crippen LogP contribution in [0.2, 0.25) is 0 Å². The van der Waals surface area contributed by atoms with Crippen molar-refractivity contribution in [3.63, 3.8) is 0 Å². The van der Waals surface area contributed by atoms with E-state index in [4.69, 9.17) is 10.7 Å². The molecule has 5 aliphatic rings. The van der Waals surface area contributed by atoms with Crippen molar-refractivity contribution >= 4 is 23.5 Å². The number of aliphatic hydroxyl groups is 1. The van der Waals surface area contributed by atoms with Crippen LogP contribution >= 0.6 is 0 Å². The summed E-state index contributed by atoms with van der Waals surface area (Å²) in [6, 6.07) is 9.29. The fraction of sp³-hybridized carbons (Fsp3) is 0.538. The van der Waals surface area contributed by atoms with Gasteiger partial charge >= 0.3 is 0 Å². The SMILES string of the molecule is NC(=O)c1ccc(N2CCN(c3cccc(C(=O)N[C@H]4C5CC6CC4C[C@](O)(C6)C5)n3)CC2)nc1. The molecule has 9 nitrogen and oxygen atoms in total. The highest BCUT2D eigenvalue weighted by molar-refractivity contribution is 5.93. The van der Waals surface area contributed by atoms with E-state index in [1.165, 1.54) is 6.20 Å². The van der Waals surface area contributed by atoms with Crippen LogP contribution in [0.4, 0.5) is 11.6 Å². The van der Waals surface area contributed by atoms with Gasteiger partial charge in [-0.25, -0.2) is 9.97 Å². The zero-order valence-electron chi connectivity index (χ0n) is 19.8. The van der Waals surface area contributed by atoms with Crippen LogP contribution in [0.15, 0.2) is 36.5 Å². The summed E-state index contributed by atoms with van der Waals surface area (Å²) < 4.78 is 0. The van der Waals surface area contributed by atoms with Crippen LogP contribution in [0.1, 0.15) is 53.0 Å². The van der Waals surface area contributed by atoms with E-state index in [-0.39, 0.29) is 11.9 Å². The van der Waals surface area contributed by atoms with E-state index in [1.807, 2.05) is 18.2 Å². The third-order valence-electron chi connectivity index (χ3n) is 8.47. The number of hydrogen-bond donors (Lipinski definition) is 3. The number of primary amides is 1. The zero-order valence-corrected chi connectivity index (χ0v) is 19.8. The van der Waals surface area contributed by atoms with E-state index in [0.29, 0.717) is 29.0 Å². The molecule has 1 saturated heterocycles. The van der Waals surface area contributed by atoms with Crippen LogP contribution in [-0.2, 0) is 0 Å². The standard InChI is InChI=1S/C26H32N6O3/c27-24(33)17-4-5-21(28-15-17)31-6-8-32(9-7-31)22-3-1-2-20(29-22)25(34)30-23-18-10-16-11-19(23)14-26(35,12-16)13-18/h1-5,15-16,18-19,23,35H,6-14H2,(H2,27,33)(H,30,34)/t16?,18?,19?,23-,26-. The second-order valence-electron chi connectivity index (χ2n) is 10.8. The molecule has 0 aromatic carbocycles. The summed E-state index contributed by atoms with van der Waals surface area (Å²) in [4.78, 5) is 37.9. The summed E-state index contributed by atoms with van der Waals surface area (Å²) in [5.41, 5.74) is 5.64. The molecule has 35 heavy (non-hydrogen) atoms. The molecule has 2 unspecified atom stereocenters. The Balaban J connectivity index is 1.09. The van der Waals surface area contributed by atoms with Crippen molar-refractivity contribution in [2.75, 3.05) is 36.0 Å². The van der Waals surface area contributed by atoms with Crippen molar-refractivity contribution in [1.82, 2.24) is 15.3 Å². The average molecular weight is 477 g/mol. The zero-order chi connectivity index (χ0) is 24.2. The highest BCUT2D eigenvalue weighted by Gasteiger charge is 2.55. The van der Waals surface area contributed by atoms with Crippen LogP contribution in [0.25, 0.3) is 0 Å². The molecule has 4 saturated carbocycles. The molecule has 9 heteroatoms. The van der Waals surface area contributed by atoms with Crippen LogP contribution in [0, 0.1) is 17.8 Å². The van der Waals surface area contributed by atoms with Crippen LogP contribution in [0.3, 0.4) is 0 Å². The molecule has 0 spiro atoms. The Bertz CT molecular complexity index is 1110. The molecule has 5 fully saturated rings. The second kappa shape index (κ2) is 8.48. The van der Waals surface area contributed by atoms with Crippen molar-refractivity contribution in [3.8, 4) is 0 Å². The molecule has 7 rings (SSSR count). The monoisotopic (exact) mass is 476 g/mol. The Hall–Kier alpha value is -3.20. The van der Waals surface area contributed by atoms with Crippen LogP contribution < -0.4 is 20.9 Å². The van der Waals surface area contributed by atoms with Crippen molar-refractivity contribution in [2.24, 2.45) is 23.5 Å². The van der Waals surface area contributed by atoms with Gasteiger partial charge in [-0.2, -0.15) is 0 Å². The fourth-order valence-electron chi connectivity index (χ4n) is 7.05. The number of nitrogens with two attached hydrogens (primary N) is 1. The maximum absolute atomic E-state index is 13.2. The van der Waals surface area contributed by atoms with Gasteiger partial charge in [-0.05, 0) is 74.1 Å². The quantitative estimate of drug-likeness (QED) is 0.598. The number of nitrogens with one attached hydrogen (secondary N) is 1. The van der Waals surface area contributed by atoms with Crippen molar-refractivity contribution in [1.29, 1.82) is 0 Å². The lowest BCUT2D eigenvalue weighted by molar-refractivity contribution is -0.136. The van der Waals surface area contributed by atoms with E-state index in [1.54, 1.807) is 12.1 Å². The first-order valence-electron chi connectivity index (χ1n) is 12.6. The van der Waals surface area contributed by atoms with E-state index in [9.17, 15) is 14.7 Å². The van der Waals surface area contributed by atoms with Gasteiger partial charge in [-0.15, -0.1) is 0 Å². The van der Waals surface area contributed by atoms with Gasteiger partial charge in [0.05, 0.1) is 11.2 Å². The topological polar surface area (TPSA) is 125 Å². The molecular formula is C26H32N6O3. The molecule has 2 amide bonds.